The summed E-state index contributed by atoms with van der Waals surface area (Å²) in [6.07, 6.45) is 6.69. The Bertz CT molecular complexity index is 540. The first-order chi connectivity index (χ1) is 11.6. The molecule has 0 saturated carbocycles. The molecule has 0 radical (unpaired) electrons. The third-order valence-electron chi connectivity index (χ3n) is 4.27. The first kappa shape index (κ1) is 19.4. The average Bonchev–Trinajstić information content (AvgIpc) is 2.58. The molecule has 1 amide bonds. The van der Waals surface area contributed by atoms with E-state index in [0.29, 0.717) is 28.8 Å². The number of carbonyl (C=O) groups excluding carboxylic acids is 1. The Morgan fingerprint density at radius 2 is 2.00 bits per heavy atom. The minimum atomic E-state index is 0.0113. The van der Waals surface area contributed by atoms with Gasteiger partial charge in [-0.25, -0.2) is 0 Å². The third-order valence-corrected chi connectivity index (χ3v) is 5.01. The van der Waals surface area contributed by atoms with Crippen LogP contribution in [0.3, 0.4) is 0 Å². The highest BCUT2D eigenvalue weighted by Crippen LogP contribution is 2.28. The Kier molecular flexibility index (Phi) is 8.16. The minimum absolute atomic E-state index is 0.0113. The van der Waals surface area contributed by atoms with Crippen LogP contribution >= 0.6 is 23.2 Å². The van der Waals surface area contributed by atoms with E-state index in [2.05, 4.69) is 0 Å². The van der Waals surface area contributed by atoms with Gasteiger partial charge in [0, 0.05) is 19.0 Å². The normalized spacial score (nSPS) is 17.8. The molecule has 1 aliphatic rings. The highest BCUT2D eigenvalue weighted by atomic mass is 35.5. The van der Waals surface area contributed by atoms with Gasteiger partial charge in [0.15, 0.2) is 0 Å². The largest absolute Gasteiger partial charge is 0.489 e. The van der Waals surface area contributed by atoms with Crippen LogP contribution in [0.25, 0.3) is 0 Å². The van der Waals surface area contributed by atoms with E-state index < -0.39 is 0 Å². The van der Waals surface area contributed by atoms with Gasteiger partial charge in [0.1, 0.15) is 11.9 Å². The van der Waals surface area contributed by atoms with E-state index >= 15 is 0 Å². The molecule has 6 heteroatoms. The van der Waals surface area contributed by atoms with Crippen molar-refractivity contribution < 1.29 is 9.53 Å². The van der Waals surface area contributed by atoms with Crippen LogP contribution in [0.1, 0.15) is 44.9 Å². The number of nitrogens with two attached hydrogens (primary N) is 1. The second-order valence-electron chi connectivity index (χ2n) is 6.25. The van der Waals surface area contributed by atoms with Gasteiger partial charge in [0.2, 0.25) is 5.91 Å². The van der Waals surface area contributed by atoms with E-state index in [1.54, 1.807) is 12.1 Å². The van der Waals surface area contributed by atoms with Crippen LogP contribution in [0, 0.1) is 0 Å². The molecule has 1 heterocycles. The van der Waals surface area contributed by atoms with E-state index in [-0.39, 0.29) is 12.0 Å². The molecule has 1 aliphatic heterocycles. The number of halogens is 2. The van der Waals surface area contributed by atoms with Crippen LogP contribution in [0.4, 0.5) is 0 Å². The molecule has 1 fully saturated rings. The molecule has 0 aromatic heterocycles. The Morgan fingerprint density at radius 3 is 2.75 bits per heavy atom. The number of hydrogen-bond donors (Lipinski definition) is 1. The first-order valence-corrected chi connectivity index (χ1v) is 9.45. The maximum atomic E-state index is 12.3. The molecule has 1 saturated heterocycles. The number of likely N-dealkylation sites (tertiary alicyclic amines) is 1. The molecule has 0 bridgehead atoms. The van der Waals surface area contributed by atoms with Crippen LogP contribution < -0.4 is 10.5 Å². The van der Waals surface area contributed by atoms with Crippen molar-refractivity contribution in [1.29, 1.82) is 0 Å². The topological polar surface area (TPSA) is 55.6 Å². The molecule has 134 valence electrons. The molecular formula is C18H26Cl2N2O2. The lowest BCUT2D eigenvalue weighted by atomic mass is 10.1. The van der Waals surface area contributed by atoms with Crippen LogP contribution in [0.5, 0.6) is 5.75 Å². The van der Waals surface area contributed by atoms with Gasteiger partial charge in [0.05, 0.1) is 16.6 Å². The Morgan fingerprint density at radius 1 is 1.21 bits per heavy atom. The second kappa shape index (κ2) is 10.1. The van der Waals surface area contributed by atoms with Gasteiger partial charge in [0.25, 0.3) is 0 Å². The number of hydrogen-bond acceptors (Lipinski definition) is 3. The molecule has 4 nitrogen and oxygen atoms in total. The Hall–Kier alpha value is -0.970. The summed E-state index contributed by atoms with van der Waals surface area (Å²) in [6, 6.07) is 5.26. The maximum absolute atomic E-state index is 12.3. The van der Waals surface area contributed by atoms with Gasteiger partial charge in [-0.15, -0.1) is 0 Å². The van der Waals surface area contributed by atoms with Gasteiger partial charge < -0.3 is 15.4 Å². The molecule has 1 unspecified atom stereocenters. The zero-order chi connectivity index (χ0) is 17.4. The van der Waals surface area contributed by atoms with Crippen LogP contribution in [0.15, 0.2) is 18.2 Å². The zero-order valence-electron chi connectivity index (χ0n) is 14.0. The van der Waals surface area contributed by atoms with Gasteiger partial charge in [-0.2, -0.15) is 0 Å². The molecule has 2 N–H and O–H groups in total. The summed E-state index contributed by atoms with van der Waals surface area (Å²) in [6.45, 7) is 2.19. The summed E-state index contributed by atoms with van der Waals surface area (Å²) in [5.41, 5.74) is 5.48. The third kappa shape index (κ3) is 6.15. The van der Waals surface area contributed by atoms with Gasteiger partial charge in [-0.3, -0.25) is 4.79 Å². The SMILES string of the molecule is NCCCCCCC(=O)N1CCCC(Oc2ccc(Cl)c(Cl)c2)C1. The zero-order valence-corrected chi connectivity index (χ0v) is 15.5. The average molecular weight is 373 g/mol. The van der Waals surface area contributed by atoms with Crippen molar-refractivity contribution >= 4 is 29.1 Å². The van der Waals surface area contributed by atoms with E-state index in [1.807, 2.05) is 11.0 Å². The summed E-state index contributed by atoms with van der Waals surface area (Å²) in [5.74, 6) is 0.927. The summed E-state index contributed by atoms with van der Waals surface area (Å²) < 4.78 is 5.98. The van der Waals surface area contributed by atoms with E-state index in [0.717, 1.165) is 51.6 Å². The lowest BCUT2D eigenvalue weighted by Gasteiger charge is -2.33. The molecule has 0 spiro atoms. The summed E-state index contributed by atoms with van der Waals surface area (Å²) in [5, 5.41) is 0.995. The van der Waals surface area contributed by atoms with Crippen molar-refractivity contribution in [1.82, 2.24) is 4.90 Å². The van der Waals surface area contributed by atoms with Gasteiger partial charge >= 0.3 is 0 Å². The molecule has 1 aromatic carbocycles. The van der Waals surface area contributed by atoms with Crippen molar-refractivity contribution in [2.45, 2.75) is 51.0 Å². The predicted octanol–water partition coefficient (Wildman–Crippen LogP) is 4.27. The van der Waals surface area contributed by atoms with Crippen LogP contribution in [0.2, 0.25) is 10.0 Å². The molecule has 24 heavy (non-hydrogen) atoms. The molecule has 1 aromatic rings. The van der Waals surface area contributed by atoms with E-state index in [9.17, 15) is 4.79 Å². The predicted molar refractivity (Wildman–Crippen MR) is 98.8 cm³/mol. The number of nitrogens with zero attached hydrogens (tertiary/aromatic N) is 1. The Balaban J connectivity index is 1.78. The number of carbonyl (C=O) groups is 1. The number of piperidine rings is 1. The highest BCUT2D eigenvalue weighted by Gasteiger charge is 2.24. The van der Waals surface area contributed by atoms with Gasteiger partial charge in [-0.05, 0) is 44.4 Å². The van der Waals surface area contributed by atoms with E-state index in [1.165, 1.54) is 0 Å². The highest BCUT2D eigenvalue weighted by molar-refractivity contribution is 6.42. The fourth-order valence-electron chi connectivity index (χ4n) is 2.94. The first-order valence-electron chi connectivity index (χ1n) is 8.69. The standard InChI is InChI=1S/C18H26Cl2N2O2/c19-16-9-8-14(12-17(16)20)24-15-6-5-11-22(13-15)18(23)7-3-1-2-4-10-21/h8-9,12,15H,1-7,10-11,13,21H2. The van der Waals surface area contributed by atoms with Crippen molar-refractivity contribution in [2.24, 2.45) is 5.73 Å². The Labute approximate surface area is 154 Å². The number of ether oxygens (including phenoxy) is 1. The van der Waals surface area contributed by atoms with Crippen molar-refractivity contribution in [3.05, 3.63) is 28.2 Å². The van der Waals surface area contributed by atoms with Crippen molar-refractivity contribution in [3.63, 3.8) is 0 Å². The summed E-state index contributed by atoms with van der Waals surface area (Å²) >= 11 is 11.9. The molecule has 2 rings (SSSR count). The quantitative estimate of drug-likeness (QED) is 0.693. The smallest absolute Gasteiger partial charge is 0.222 e. The van der Waals surface area contributed by atoms with E-state index in [4.69, 9.17) is 33.7 Å². The second-order valence-corrected chi connectivity index (χ2v) is 7.07. The number of amides is 1. The number of unbranched alkanes of at least 4 members (excludes halogenated alkanes) is 3. The summed E-state index contributed by atoms with van der Waals surface area (Å²) in [7, 11) is 0. The fraction of sp³-hybridized carbons (Fsp3) is 0.611. The number of benzene rings is 1. The lowest BCUT2D eigenvalue weighted by molar-refractivity contribution is -0.133. The number of rotatable bonds is 8. The minimum Gasteiger partial charge on any atom is -0.489 e. The molecule has 1 atom stereocenters. The summed E-state index contributed by atoms with van der Waals surface area (Å²) in [4.78, 5) is 14.3. The lowest BCUT2D eigenvalue weighted by Crippen LogP contribution is -2.44. The van der Waals surface area contributed by atoms with Crippen molar-refractivity contribution in [3.8, 4) is 5.75 Å². The maximum Gasteiger partial charge on any atom is 0.222 e. The fourth-order valence-corrected chi connectivity index (χ4v) is 3.22. The molecule has 0 aliphatic carbocycles. The molecular weight excluding hydrogens is 347 g/mol. The van der Waals surface area contributed by atoms with Crippen LogP contribution in [-0.2, 0) is 4.79 Å². The van der Waals surface area contributed by atoms with Crippen LogP contribution in [-0.4, -0.2) is 36.5 Å². The van der Waals surface area contributed by atoms with Crippen molar-refractivity contribution in [2.75, 3.05) is 19.6 Å². The monoisotopic (exact) mass is 372 g/mol. The van der Waals surface area contributed by atoms with Gasteiger partial charge in [-0.1, -0.05) is 36.0 Å².